The summed E-state index contributed by atoms with van der Waals surface area (Å²) in [7, 11) is 0. The number of benzene rings is 1. The zero-order chi connectivity index (χ0) is 12.9. The van der Waals surface area contributed by atoms with Crippen molar-refractivity contribution in [2.24, 2.45) is 0 Å². The fourth-order valence-electron chi connectivity index (χ4n) is 1.10. The molecule has 0 heterocycles. The number of ether oxygens (including phenoxy) is 1. The lowest BCUT2D eigenvalue weighted by Gasteiger charge is -2.10. The lowest BCUT2D eigenvalue weighted by molar-refractivity contribution is -0.0329. The molecule has 0 N–H and O–H groups in total. The van der Waals surface area contributed by atoms with E-state index in [2.05, 4.69) is 15.9 Å². The number of rotatable bonds is 5. The second-order valence-corrected chi connectivity index (χ2v) is 4.75. The first-order valence-corrected chi connectivity index (χ1v) is 6.71. The molecule has 96 valence electrons. The largest absolute Gasteiger partial charge is 0.492 e. The number of thioether (sulfide) groups is 1. The summed E-state index contributed by atoms with van der Waals surface area (Å²) in [5.41, 5.74) is -3.67. The smallest absolute Gasteiger partial charge is 0.441 e. The van der Waals surface area contributed by atoms with Gasteiger partial charge in [-0.1, -0.05) is 15.9 Å². The Bertz CT molecular complexity index is 370. The molecule has 0 atom stereocenters. The Hall–Kier alpha value is -0.430. The minimum absolute atomic E-state index is 0.0736. The summed E-state index contributed by atoms with van der Waals surface area (Å²) in [5.74, 6) is -0.203. The summed E-state index contributed by atoms with van der Waals surface area (Å²) < 4.78 is 53.5. The monoisotopic (exact) mass is 332 g/mol. The molecule has 7 heteroatoms. The van der Waals surface area contributed by atoms with E-state index in [1.807, 2.05) is 0 Å². The zero-order valence-electron chi connectivity index (χ0n) is 8.56. The fourth-order valence-corrected chi connectivity index (χ4v) is 1.94. The summed E-state index contributed by atoms with van der Waals surface area (Å²) in [6, 6.07) is 3.89. The molecule has 0 radical (unpaired) electrons. The van der Waals surface area contributed by atoms with Crippen molar-refractivity contribution < 1.29 is 22.3 Å². The van der Waals surface area contributed by atoms with E-state index in [0.29, 0.717) is 16.6 Å². The van der Waals surface area contributed by atoms with Gasteiger partial charge in [0.1, 0.15) is 11.6 Å². The van der Waals surface area contributed by atoms with E-state index in [0.717, 1.165) is 0 Å². The maximum absolute atomic E-state index is 12.8. The molecule has 0 spiro atoms. The van der Waals surface area contributed by atoms with Crippen LogP contribution < -0.4 is 4.74 Å². The summed E-state index contributed by atoms with van der Waals surface area (Å²) in [6.45, 7) is -0.0736. The quantitative estimate of drug-likeness (QED) is 0.450. The molecule has 0 aliphatic heterocycles. The Morgan fingerprint density at radius 1 is 1.29 bits per heavy atom. The maximum Gasteiger partial charge on any atom is 0.441 e. The SMILES string of the molecule is Fc1ccc(OCCSC(F)(F)F)c(CBr)c1. The highest BCUT2D eigenvalue weighted by molar-refractivity contribution is 9.08. The molecule has 0 aliphatic carbocycles. The fraction of sp³-hybridized carbons (Fsp3) is 0.400. The van der Waals surface area contributed by atoms with Crippen molar-refractivity contribution >= 4 is 27.7 Å². The van der Waals surface area contributed by atoms with Gasteiger partial charge in [0.2, 0.25) is 0 Å². The normalized spacial score (nSPS) is 11.6. The standard InChI is InChI=1S/C10H9BrF4OS/c11-6-7-5-8(12)1-2-9(7)16-3-4-17-10(13,14)15/h1-2,5H,3-4,6H2. The van der Waals surface area contributed by atoms with Gasteiger partial charge in [-0.15, -0.1) is 0 Å². The lowest BCUT2D eigenvalue weighted by Crippen LogP contribution is -2.08. The van der Waals surface area contributed by atoms with Crippen LogP contribution in [-0.4, -0.2) is 17.9 Å². The van der Waals surface area contributed by atoms with Crippen LogP contribution in [0.25, 0.3) is 0 Å². The van der Waals surface area contributed by atoms with Crippen LogP contribution in [0, 0.1) is 5.82 Å². The molecule has 17 heavy (non-hydrogen) atoms. The molecule has 1 aromatic rings. The molecule has 1 aromatic carbocycles. The van der Waals surface area contributed by atoms with Crippen LogP contribution in [0.3, 0.4) is 0 Å². The number of halogens is 5. The third-order valence-corrected chi connectivity index (χ3v) is 3.08. The van der Waals surface area contributed by atoms with Gasteiger partial charge in [0.05, 0.1) is 6.61 Å². The van der Waals surface area contributed by atoms with Crippen LogP contribution in [0.4, 0.5) is 17.6 Å². The molecule has 0 saturated heterocycles. The van der Waals surface area contributed by atoms with Crippen molar-refractivity contribution in [3.05, 3.63) is 29.6 Å². The van der Waals surface area contributed by atoms with Gasteiger partial charge in [-0.05, 0) is 30.0 Å². The molecule has 0 aromatic heterocycles. The van der Waals surface area contributed by atoms with Crippen LogP contribution in [0.15, 0.2) is 18.2 Å². The van der Waals surface area contributed by atoms with E-state index in [1.54, 1.807) is 0 Å². The van der Waals surface area contributed by atoms with Crippen molar-refractivity contribution in [3.63, 3.8) is 0 Å². The van der Waals surface area contributed by atoms with Crippen LogP contribution in [0.1, 0.15) is 5.56 Å². The van der Waals surface area contributed by atoms with Crippen molar-refractivity contribution in [2.75, 3.05) is 12.4 Å². The van der Waals surface area contributed by atoms with Crippen LogP contribution in [0.5, 0.6) is 5.75 Å². The first-order chi connectivity index (χ1) is 7.92. The van der Waals surface area contributed by atoms with Gasteiger partial charge < -0.3 is 4.74 Å². The average Bonchev–Trinajstić information content (AvgIpc) is 2.24. The molecule has 0 bridgehead atoms. The Morgan fingerprint density at radius 2 is 2.00 bits per heavy atom. The van der Waals surface area contributed by atoms with Gasteiger partial charge in [0.25, 0.3) is 0 Å². The van der Waals surface area contributed by atoms with Crippen LogP contribution >= 0.6 is 27.7 Å². The van der Waals surface area contributed by atoms with Gasteiger partial charge in [-0.3, -0.25) is 0 Å². The summed E-state index contributed by atoms with van der Waals surface area (Å²) in [5, 5.41) is 0.381. The van der Waals surface area contributed by atoms with Crippen LogP contribution in [0.2, 0.25) is 0 Å². The number of alkyl halides is 4. The Balaban J connectivity index is 2.46. The Morgan fingerprint density at radius 3 is 2.59 bits per heavy atom. The first kappa shape index (κ1) is 14.6. The van der Waals surface area contributed by atoms with E-state index in [4.69, 9.17) is 4.74 Å². The molecular formula is C10H9BrF4OS. The van der Waals surface area contributed by atoms with E-state index in [9.17, 15) is 17.6 Å². The number of hydrogen-bond donors (Lipinski definition) is 0. The minimum Gasteiger partial charge on any atom is -0.492 e. The molecule has 1 rings (SSSR count). The molecule has 0 amide bonds. The number of hydrogen-bond acceptors (Lipinski definition) is 2. The summed E-state index contributed by atoms with van der Waals surface area (Å²) >= 11 is 3.01. The van der Waals surface area contributed by atoms with Gasteiger partial charge >= 0.3 is 5.51 Å². The molecule has 0 unspecified atom stereocenters. The highest BCUT2D eigenvalue weighted by atomic mass is 79.9. The third kappa shape index (κ3) is 5.63. The predicted octanol–water partition coefficient (Wildman–Crippen LogP) is 4.35. The minimum atomic E-state index is -4.25. The van der Waals surface area contributed by atoms with Crippen molar-refractivity contribution in [1.82, 2.24) is 0 Å². The summed E-state index contributed by atoms with van der Waals surface area (Å²) in [4.78, 5) is 0. The maximum atomic E-state index is 12.8. The summed E-state index contributed by atoms with van der Waals surface area (Å²) in [6.07, 6.45) is 0. The molecule has 0 aliphatic rings. The second kappa shape index (κ2) is 6.49. The van der Waals surface area contributed by atoms with Gasteiger partial charge in [0.15, 0.2) is 0 Å². The first-order valence-electron chi connectivity index (χ1n) is 4.60. The topological polar surface area (TPSA) is 9.23 Å². The average molecular weight is 333 g/mol. The van der Waals surface area contributed by atoms with Gasteiger partial charge in [0, 0.05) is 16.6 Å². The van der Waals surface area contributed by atoms with Crippen LogP contribution in [-0.2, 0) is 5.33 Å². The molecule has 1 nitrogen and oxygen atoms in total. The zero-order valence-corrected chi connectivity index (χ0v) is 11.0. The highest BCUT2D eigenvalue weighted by Crippen LogP contribution is 2.30. The Kier molecular flexibility index (Phi) is 5.58. The molecule has 0 fully saturated rings. The van der Waals surface area contributed by atoms with Crippen molar-refractivity contribution in [1.29, 1.82) is 0 Å². The molecule has 0 saturated carbocycles. The van der Waals surface area contributed by atoms with E-state index in [1.165, 1.54) is 18.2 Å². The Labute approximate surface area is 109 Å². The predicted molar refractivity (Wildman–Crippen MR) is 63.0 cm³/mol. The highest BCUT2D eigenvalue weighted by Gasteiger charge is 2.27. The van der Waals surface area contributed by atoms with E-state index in [-0.39, 0.29) is 24.1 Å². The lowest BCUT2D eigenvalue weighted by atomic mass is 10.2. The van der Waals surface area contributed by atoms with Gasteiger partial charge in [-0.2, -0.15) is 13.2 Å². The molecular weight excluding hydrogens is 324 g/mol. The van der Waals surface area contributed by atoms with Crippen molar-refractivity contribution in [3.8, 4) is 5.75 Å². The van der Waals surface area contributed by atoms with Gasteiger partial charge in [-0.25, -0.2) is 4.39 Å². The third-order valence-electron chi connectivity index (χ3n) is 1.77. The van der Waals surface area contributed by atoms with Crippen molar-refractivity contribution in [2.45, 2.75) is 10.8 Å². The van der Waals surface area contributed by atoms with E-state index < -0.39 is 11.3 Å². The second-order valence-electron chi connectivity index (χ2n) is 3.03. The van der Waals surface area contributed by atoms with E-state index >= 15 is 0 Å².